The van der Waals surface area contributed by atoms with Gasteiger partial charge in [0.2, 0.25) is 0 Å². The minimum atomic E-state index is -3.12. The molecule has 0 aromatic rings. The van der Waals surface area contributed by atoms with Crippen molar-refractivity contribution in [2.75, 3.05) is 31.8 Å². The Kier molecular flexibility index (Phi) is 5.75. The molecular formula is C11H20N2O6S. The summed E-state index contributed by atoms with van der Waals surface area (Å²) in [6.07, 6.45) is 0.151. The lowest BCUT2D eigenvalue weighted by Gasteiger charge is -2.33. The van der Waals surface area contributed by atoms with Crippen molar-refractivity contribution in [3.63, 3.8) is 0 Å². The first-order valence-corrected chi connectivity index (χ1v) is 8.08. The number of carboxylic acids is 1. The Bertz CT molecular complexity index is 464. The number of aliphatic carboxylic acids is 1. The highest BCUT2D eigenvalue weighted by Crippen LogP contribution is 2.12. The molecule has 1 saturated heterocycles. The van der Waals surface area contributed by atoms with Gasteiger partial charge in [0.1, 0.15) is 6.04 Å². The highest BCUT2D eigenvalue weighted by molar-refractivity contribution is 7.91. The lowest BCUT2D eigenvalue weighted by Crippen LogP contribution is -2.56. The molecule has 1 aliphatic rings. The number of nitrogens with one attached hydrogen (secondary N) is 1. The lowest BCUT2D eigenvalue weighted by atomic mass is 10.2. The van der Waals surface area contributed by atoms with E-state index in [0.717, 1.165) is 0 Å². The fraction of sp³-hybridized carbons (Fsp3) is 0.818. The van der Waals surface area contributed by atoms with Gasteiger partial charge in [0.05, 0.1) is 11.5 Å². The van der Waals surface area contributed by atoms with Crippen LogP contribution in [0.4, 0.5) is 4.79 Å². The van der Waals surface area contributed by atoms with E-state index < -0.39 is 33.9 Å². The number of ether oxygens (including phenoxy) is 1. The van der Waals surface area contributed by atoms with Gasteiger partial charge in [-0.1, -0.05) is 0 Å². The highest BCUT2D eigenvalue weighted by Gasteiger charge is 2.32. The summed E-state index contributed by atoms with van der Waals surface area (Å²) in [5, 5.41) is 11.4. The molecule has 0 saturated carbocycles. The second kappa shape index (κ2) is 6.89. The summed E-state index contributed by atoms with van der Waals surface area (Å²) in [4.78, 5) is 24.4. The van der Waals surface area contributed by atoms with Crippen LogP contribution in [0, 0.1) is 0 Å². The summed E-state index contributed by atoms with van der Waals surface area (Å²) >= 11 is 0. The third-order valence-corrected chi connectivity index (χ3v) is 4.93. The van der Waals surface area contributed by atoms with Crippen LogP contribution in [0.5, 0.6) is 0 Å². The first kappa shape index (κ1) is 16.7. The fourth-order valence-corrected chi connectivity index (χ4v) is 3.58. The van der Waals surface area contributed by atoms with Gasteiger partial charge in [-0.05, 0) is 6.92 Å². The zero-order valence-corrected chi connectivity index (χ0v) is 12.4. The maximum absolute atomic E-state index is 12.0. The molecule has 2 N–H and O–H groups in total. The molecule has 1 heterocycles. The van der Waals surface area contributed by atoms with Gasteiger partial charge in [0.25, 0.3) is 0 Å². The van der Waals surface area contributed by atoms with Gasteiger partial charge in [-0.15, -0.1) is 0 Å². The maximum Gasteiger partial charge on any atom is 0.326 e. The predicted molar refractivity (Wildman–Crippen MR) is 71.3 cm³/mol. The van der Waals surface area contributed by atoms with E-state index in [2.05, 4.69) is 5.32 Å². The van der Waals surface area contributed by atoms with Gasteiger partial charge >= 0.3 is 12.0 Å². The number of methoxy groups -OCH3 is 1. The Morgan fingerprint density at radius 3 is 2.65 bits per heavy atom. The Hall–Kier alpha value is -1.35. The quantitative estimate of drug-likeness (QED) is 0.694. The van der Waals surface area contributed by atoms with Crippen molar-refractivity contribution < 1.29 is 27.9 Å². The van der Waals surface area contributed by atoms with E-state index in [9.17, 15) is 18.0 Å². The van der Waals surface area contributed by atoms with Crippen LogP contribution in [-0.2, 0) is 19.4 Å². The molecule has 0 spiro atoms. The fourth-order valence-electron chi connectivity index (χ4n) is 2.03. The Labute approximate surface area is 118 Å². The standard InChI is InChI=1S/C11H20N2O6S/c1-8-7-20(17,18)6-4-13(8)11(16)12-9(10(14)15)3-5-19-2/h8-9H,3-7H2,1-2H3,(H,12,16)(H,14,15). The molecule has 0 radical (unpaired) electrons. The van der Waals surface area contributed by atoms with Crippen LogP contribution in [0.2, 0.25) is 0 Å². The summed E-state index contributed by atoms with van der Waals surface area (Å²) in [5.41, 5.74) is 0. The third kappa shape index (κ3) is 4.64. The summed E-state index contributed by atoms with van der Waals surface area (Å²) in [6.45, 7) is 1.91. The largest absolute Gasteiger partial charge is 0.480 e. The second-order valence-electron chi connectivity index (χ2n) is 4.78. The molecule has 0 aliphatic carbocycles. The number of urea groups is 1. The lowest BCUT2D eigenvalue weighted by molar-refractivity contribution is -0.139. The van der Waals surface area contributed by atoms with Gasteiger partial charge in [0.15, 0.2) is 9.84 Å². The Morgan fingerprint density at radius 2 is 2.15 bits per heavy atom. The summed E-state index contributed by atoms with van der Waals surface area (Å²) in [6, 6.07) is -2.07. The summed E-state index contributed by atoms with van der Waals surface area (Å²) in [7, 11) is -1.67. The van der Waals surface area contributed by atoms with Crippen molar-refractivity contribution >= 4 is 21.8 Å². The van der Waals surface area contributed by atoms with E-state index in [1.54, 1.807) is 6.92 Å². The van der Waals surface area contributed by atoms with E-state index in [-0.39, 0.29) is 31.1 Å². The van der Waals surface area contributed by atoms with E-state index >= 15 is 0 Å². The van der Waals surface area contributed by atoms with Crippen molar-refractivity contribution in [1.29, 1.82) is 0 Å². The first-order chi connectivity index (χ1) is 9.26. The van der Waals surface area contributed by atoms with Crippen molar-refractivity contribution in [2.45, 2.75) is 25.4 Å². The van der Waals surface area contributed by atoms with Crippen LogP contribution in [0.15, 0.2) is 0 Å². The molecule has 9 heteroatoms. The molecule has 2 atom stereocenters. The Balaban J connectivity index is 2.63. The van der Waals surface area contributed by atoms with Crippen LogP contribution in [0.3, 0.4) is 0 Å². The molecule has 8 nitrogen and oxygen atoms in total. The van der Waals surface area contributed by atoms with Gasteiger partial charge < -0.3 is 20.1 Å². The molecule has 2 unspecified atom stereocenters. The van der Waals surface area contributed by atoms with Crippen LogP contribution in [0.1, 0.15) is 13.3 Å². The number of carbonyl (C=O) groups excluding carboxylic acids is 1. The van der Waals surface area contributed by atoms with Crippen molar-refractivity contribution in [2.24, 2.45) is 0 Å². The zero-order valence-electron chi connectivity index (χ0n) is 11.5. The molecule has 1 aliphatic heterocycles. The van der Waals surface area contributed by atoms with Gasteiger partial charge in [-0.25, -0.2) is 18.0 Å². The number of rotatable bonds is 5. The van der Waals surface area contributed by atoms with Crippen LogP contribution < -0.4 is 5.32 Å². The van der Waals surface area contributed by atoms with E-state index in [1.165, 1.54) is 12.0 Å². The SMILES string of the molecule is COCCC(NC(=O)N1CCS(=O)(=O)CC1C)C(=O)O. The van der Waals surface area contributed by atoms with Crippen LogP contribution in [0.25, 0.3) is 0 Å². The van der Waals surface area contributed by atoms with Crippen molar-refractivity contribution in [3.05, 3.63) is 0 Å². The minimum absolute atomic E-state index is 0.0753. The van der Waals surface area contributed by atoms with Crippen LogP contribution in [-0.4, -0.2) is 74.3 Å². The molecular weight excluding hydrogens is 288 g/mol. The minimum Gasteiger partial charge on any atom is -0.480 e. The van der Waals surface area contributed by atoms with Gasteiger partial charge in [-0.3, -0.25) is 0 Å². The number of nitrogens with zero attached hydrogens (tertiary/aromatic N) is 1. The number of carboxylic acid groups (broad SMARTS) is 1. The number of sulfone groups is 1. The molecule has 0 aromatic carbocycles. The van der Waals surface area contributed by atoms with Crippen LogP contribution >= 0.6 is 0 Å². The Morgan fingerprint density at radius 1 is 1.50 bits per heavy atom. The molecule has 116 valence electrons. The average Bonchev–Trinajstić information content (AvgIpc) is 2.32. The first-order valence-electron chi connectivity index (χ1n) is 6.26. The summed E-state index contributed by atoms with van der Waals surface area (Å²) < 4.78 is 27.7. The van der Waals surface area contributed by atoms with Gasteiger partial charge in [-0.2, -0.15) is 0 Å². The molecule has 1 fully saturated rings. The van der Waals surface area contributed by atoms with E-state index in [1.807, 2.05) is 0 Å². The second-order valence-corrected chi connectivity index (χ2v) is 7.01. The highest BCUT2D eigenvalue weighted by atomic mass is 32.2. The smallest absolute Gasteiger partial charge is 0.326 e. The molecule has 2 amide bonds. The third-order valence-electron chi connectivity index (χ3n) is 3.14. The number of hydrogen-bond acceptors (Lipinski definition) is 5. The molecule has 1 rings (SSSR count). The maximum atomic E-state index is 12.0. The van der Waals surface area contributed by atoms with Crippen molar-refractivity contribution in [1.82, 2.24) is 10.2 Å². The topological polar surface area (TPSA) is 113 Å². The van der Waals surface area contributed by atoms with E-state index in [0.29, 0.717) is 0 Å². The van der Waals surface area contributed by atoms with Crippen molar-refractivity contribution in [3.8, 4) is 0 Å². The predicted octanol–water partition coefficient (Wildman–Crippen LogP) is -0.695. The van der Waals surface area contributed by atoms with Gasteiger partial charge in [0, 0.05) is 32.7 Å². The molecule has 20 heavy (non-hydrogen) atoms. The monoisotopic (exact) mass is 308 g/mol. The molecule has 0 aromatic heterocycles. The normalized spacial score (nSPS) is 23.1. The van der Waals surface area contributed by atoms with E-state index in [4.69, 9.17) is 9.84 Å². The number of hydrogen-bond donors (Lipinski definition) is 2. The molecule has 0 bridgehead atoms. The number of carbonyl (C=O) groups is 2. The zero-order chi connectivity index (χ0) is 15.3. The average molecular weight is 308 g/mol. The number of amides is 2. The summed E-state index contributed by atoms with van der Waals surface area (Å²) in [5.74, 6) is -1.34.